The number of hydrogen-bond donors (Lipinski definition) is 3. The molecule has 1 fully saturated rings. The van der Waals surface area contributed by atoms with Crippen molar-refractivity contribution in [2.24, 2.45) is 0 Å². The van der Waals surface area contributed by atoms with Gasteiger partial charge >= 0.3 is 0 Å². The highest BCUT2D eigenvalue weighted by molar-refractivity contribution is 7.89. The first-order chi connectivity index (χ1) is 9.01. The van der Waals surface area contributed by atoms with E-state index in [1.807, 2.05) is 0 Å². The maximum Gasteiger partial charge on any atom is 0.244 e. The van der Waals surface area contributed by atoms with Gasteiger partial charge in [-0.3, -0.25) is 4.79 Å². The molecule has 0 aromatic carbocycles. The second kappa shape index (κ2) is 5.49. The zero-order valence-electron chi connectivity index (χ0n) is 10.4. The van der Waals surface area contributed by atoms with Crippen molar-refractivity contribution in [2.75, 3.05) is 18.9 Å². The predicted octanol–water partition coefficient (Wildman–Crippen LogP) is -0.925. The van der Waals surface area contributed by atoms with E-state index in [9.17, 15) is 13.2 Å². The summed E-state index contributed by atoms with van der Waals surface area (Å²) in [6, 6.07) is 0.204. The number of sulfonamides is 1. The second-order valence-corrected chi connectivity index (χ2v) is 5.93. The zero-order valence-corrected chi connectivity index (χ0v) is 11.2. The average molecular weight is 285 g/mol. The highest BCUT2D eigenvalue weighted by Gasteiger charge is 2.24. The molecule has 104 valence electrons. The summed E-state index contributed by atoms with van der Waals surface area (Å²) in [6.07, 6.45) is 4.27. The van der Waals surface area contributed by atoms with Gasteiger partial charge in [-0.2, -0.15) is 0 Å². The molecule has 8 nitrogen and oxygen atoms in total. The van der Waals surface area contributed by atoms with E-state index in [-0.39, 0.29) is 23.4 Å². The lowest BCUT2D eigenvalue weighted by molar-refractivity contribution is -0.120. The van der Waals surface area contributed by atoms with Crippen molar-refractivity contribution in [3.8, 4) is 0 Å². The molecule has 2 rings (SSSR count). The number of carbonyl (C=O) groups is 1. The SMILES string of the molecule is CNc1ncc(S(=O)(=O)NCC(=O)NC2CC2)cn1. The molecule has 3 N–H and O–H groups in total. The maximum absolute atomic E-state index is 11.8. The molecule has 0 atom stereocenters. The van der Waals surface area contributed by atoms with Crippen molar-refractivity contribution in [1.82, 2.24) is 20.0 Å². The van der Waals surface area contributed by atoms with E-state index in [1.165, 1.54) is 12.4 Å². The van der Waals surface area contributed by atoms with Crippen LogP contribution >= 0.6 is 0 Å². The van der Waals surface area contributed by atoms with Gasteiger partial charge in [0.25, 0.3) is 0 Å². The minimum atomic E-state index is -3.76. The van der Waals surface area contributed by atoms with Gasteiger partial charge < -0.3 is 10.6 Å². The zero-order chi connectivity index (χ0) is 13.9. The van der Waals surface area contributed by atoms with Crippen molar-refractivity contribution in [1.29, 1.82) is 0 Å². The van der Waals surface area contributed by atoms with E-state index in [4.69, 9.17) is 0 Å². The maximum atomic E-state index is 11.8. The molecule has 0 radical (unpaired) electrons. The molecule has 1 aliphatic carbocycles. The predicted molar refractivity (Wildman–Crippen MR) is 67.9 cm³/mol. The van der Waals surface area contributed by atoms with Crippen LogP contribution in [0.15, 0.2) is 17.3 Å². The molecule has 1 saturated carbocycles. The molecule has 1 aromatic rings. The molecule has 1 aliphatic rings. The Kier molecular flexibility index (Phi) is 3.96. The third-order valence-electron chi connectivity index (χ3n) is 2.53. The molecule has 1 aromatic heterocycles. The Morgan fingerprint density at radius 3 is 2.53 bits per heavy atom. The Labute approximate surface area is 111 Å². The molecular formula is C10H15N5O3S. The smallest absolute Gasteiger partial charge is 0.244 e. The van der Waals surface area contributed by atoms with Gasteiger partial charge in [0.1, 0.15) is 4.90 Å². The molecule has 19 heavy (non-hydrogen) atoms. The summed E-state index contributed by atoms with van der Waals surface area (Å²) >= 11 is 0. The summed E-state index contributed by atoms with van der Waals surface area (Å²) in [5.41, 5.74) is 0. The van der Waals surface area contributed by atoms with Crippen LogP contribution in [0, 0.1) is 0 Å². The van der Waals surface area contributed by atoms with Crippen LogP contribution in [0.3, 0.4) is 0 Å². The first kappa shape index (κ1) is 13.7. The van der Waals surface area contributed by atoms with Crippen molar-refractivity contribution < 1.29 is 13.2 Å². The highest BCUT2D eigenvalue weighted by atomic mass is 32.2. The van der Waals surface area contributed by atoms with Crippen LogP contribution in [0.5, 0.6) is 0 Å². The Morgan fingerprint density at radius 1 is 1.37 bits per heavy atom. The lowest BCUT2D eigenvalue weighted by Gasteiger charge is -2.07. The molecular weight excluding hydrogens is 270 g/mol. The number of carbonyl (C=O) groups excluding carboxylic acids is 1. The first-order valence-corrected chi connectivity index (χ1v) is 7.28. The summed E-state index contributed by atoms with van der Waals surface area (Å²) in [4.78, 5) is 18.9. The van der Waals surface area contributed by atoms with Gasteiger partial charge in [0, 0.05) is 13.1 Å². The van der Waals surface area contributed by atoms with Crippen molar-refractivity contribution >= 4 is 21.9 Å². The lowest BCUT2D eigenvalue weighted by Crippen LogP contribution is -2.37. The van der Waals surface area contributed by atoms with Crippen LogP contribution in [-0.2, 0) is 14.8 Å². The number of hydrogen-bond acceptors (Lipinski definition) is 6. The van der Waals surface area contributed by atoms with E-state index in [2.05, 4.69) is 25.3 Å². The Bertz CT molecular complexity index is 553. The van der Waals surface area contributed by atoms with Gasteiger partial charge in [-0.15, -0.1) is 0 Å². The van der Waals surface area contributed by atoms with Crippen molar-refractivity contribution in [3.05, 3.63) is 12.4 Å². The van der Waals surface area contributed by atoms with Crippen LogP contribution in [0.2, 0.25) is 0 Å². The standard InChI is InChI=1S/C10H15N5O3S/c1-11-10-12-4-8(5-13-10)19(17,18)14-6-9(16)15-7-2-3-7/h4-5,7,14H,2-3,6H2,1H3,(H,15,16)(H,11,12,13). The van der Waals surface area contributed by atoms with E-state index >= 15 is 0 Å². The Morgan fingerprint density at radius 2 is 2.00 bits per heavy atom. The van der Waals surface area contributed by atoms with Crippen LogP contribution in [0.4, 0.5) is 5.95 Å². The minimum absolute atomic E-state index is 0.0780. The molecule has 0 unspecified atom stereocenters. The van der Waals surface area contributed by atoms with E-state index in [0.29, 0.717) is 5.95 Å². The van der Waals surface area contributed by atoms with Crippen LogP contribution in [0.25, 0.3) is 0 Å². The molecule has 0 bridgehead atoms. The third-order valence-corrected chi connectivity index (χ3v) is 3.88. The number of nitrogens with one attached hydrogen (secondary N) is 3. The van der Waals surface area contributed by atoms with E-state index in [0.717, 1.165) is 12.8 Å². The summed E-state index contributed by atoms with van der Waals surface area (Å²) in [5.74, 6) is -0.00994. The fourth-order valence-corrected chi connectivity index (χ4v) is 2.21. The van der Waals surface area contributed by atoms with Crippen molar-refractivity contribution in [3.63, 3.8) is 0 Å². The van der Waals surface area contributed by atoms with Crippen molar-refractivity contribution in [2.45, 2.75) is 23.8 Å². The topological polar surface area (TPSA) is 113 Å². The summed E-state index contributed by atoms with van der Waals surface area (Å²) in [6.45, 7) is -0.285. The van der Waals surface area contributed by atoms with Gasteiger partial charge in [-0.05, 0) is 12.8 Å². The monoisotopic (exact) mass is 285 g/mol. The number of nitrogens with zero attached hydrogens (tertiary/aromatic N) is 2. The third kappa shape index (κ3) is 3.86. The van der Waals surface area contributed by atoms with Crippen LogP contribution in [-0.4, -0.2) is 43.9 Å². The van der Waals surface area contributed by atoms with Gasteiger partial charge in [0.15, 0.2) is 0 Å². The van der Waals surface area contributed by atoms with Crippen LogP contribution < -0.4 is 15.4 Å². The van der Waals surface area contributed by atoms with Gasteiger partial charge in [0.2, 0.25) is 21.9 Å². The van der Waals surface area contributed by atoms with E-state index in [1.54, 1.807) is 7.05 Å². The Hall–Kier alpha value is -1.74. The summed E-state index contributed by atoms with van der Waals surface area (Å²) in [7, 11) is -2.13. The average Bonchev–Trinajstić information content (AvgIpc) is 3.20. The second-order valence-electron chi connectivity index (χ2n) is 4.16. The quantitative estimate of drug-likeness (QED) is 0.622. The van der Waals surface area contributed by atoms with Crippen LogP contribution in [0.1, 0.15) is 12.8 Å². The lowest BCUT2D eigenvalue weighted by atomic mass is 10.5. The summed E-state index contributed by atoms with van der Waals surface area (Å²) < 4.78 is 25.9. The van der Waals surface area contributed by atoms with E-state index < -0.39 is 10.0 Å². The fraction of sp³-hybridized carbons (Fsp3) is 0.500. The van der Waals surface area contributed by atoms with Gasteiger partial charge in [0.05, 0.1) is 18.9 Å². The number of aromatic nitrogens is 2. The molecule has 0 saturated heterocycles. The molecule has 0 spiro atoms. The number of amides is 1. The largest absolute Gasteiger partial charge is 0.357 e. The van der Waals surface area contributed by atoms with Gasteiger partial charge in [-0.1, -0.05) is 0 Å². The number of anilines is 1. The molecule has 1 amide bonds. The molecule has 0 aliphatic heterocycles. The molecule has 9 heteroatoms. The Balaban J connectivity index is 1.94. The normalized spacial score (nSPS) is 15.0. The molecule has 1 heterocycles. The van der Waals surface area contributed by atoms with Gasteiger partial charge in [-0.25, -0.2) is 23.1 Å². The highest BCUT2D eigenvalue weighted by Crippen LogP contribution is 2.18. The summed E-state index contributed by atoms with van der Waals surface area (Å²) in [5, 5.41) is 5.37. The first-order valence-electron chi connectivity index (χ1n) is 5.80. The minimum Gasteiger partial charge on any atom is -0.357 e. The fourth-order valence-electron chi connectivity index (χ4n) is 1.33. The number of rotatable bonds is 6.